The van der Waals surface area contributed by atoms with Crippen molar-refractivity contribution in [2.24, 2.45) is 0 Å². The highest BCUT2D eigenvalue weighted by Gasteiger charge is 2.29. The predicted octanol–water partition coefficient (Wildman–Crippen LogP) is 0.604. The highest BCUT2D eigenvalue weighted by atomic mass is 32.2. The van der Waals surface area contributed by atoms with Gasteiger partial charge in [0.05, 0.1) is 23.9 Å². The number of rotatable bonds is 5. The van der Waals surface area contributed by atoms with Gasteiger partial charge in [0.15, 0.2) is 9.84 Å². The molecule has 0 radical (unpaired) electrons. The van der Waals surface area contributed by atoms with Crippen LogP contribution < -0.4 is 10.6 Å². The molecule has 8 heteroatoms. The van der Waals surface area contributed by atoms with Crippen LogP contribution in [0, 0.1) is 0 Å². The molecule has 116 valence electrons. The first-order valence-electron chi connectivity index (χ1n) is 6.99. The molecule has 2 unspecified atom stereocenters. The minimum absolute atomic E-state index is 0.000176. The summed E-state index contributed by atoms with van der Waals surface area (Å²) in [5.74, 6) is 0.352. The summed E-state index contributed by atoms with van der Waals surface area (Å²) < 4.78 is 22.7. The molecule has 1 fully saturated rings. The second-order valence-corrected chi connectivity index (χ2v) is 7.54. The van der Waals surface area contributed by atoms with Crippen LogP contribution in [0.15, 0.2) is 12.4 Å². The number of anilines is 1. The number of amides is 1. The summed E-state index contributed by atoms with van der Waals surface area (Å²) in [6.45, 7) is 4.09. The van der Waals surface area contributed by atoms with Gasteiger partial charge in [0.25, 0.3) is 5.91 Å². The molecule has 21 heavy (non-hydrogen) atoms. The normalized spacial score (nSPS) is 21.7. The van der Waals surface area contributed by atoms with E-state index in [9.17, 15) is 13.2 Å². The molecule has 2 rings (SSSR count). The third-order valence-corrected chi connectivity index (χ3v) is 5.23. The van der Waals surface area contributed by atoms with E-state index in [4.69, 9.17) is 0 Å². The van der Waals surface area contributed by atoms with Crippen LogP contribution in [0.1, 0.15) is 37.2 Å². The zero-order valence-electron chi connectivity index (χ0n) is 12.2. The Morgan fingerprint density at radius 1 is 1.43 bits per heavy atom. The van der Waals surface area contributed by atoms with E-state index in [0.717, 1.165) is 6.42 Å². The highest BCUT2D eigenvalue weighted by Crippen LogP contribution is 2.12. The van der Waals surface area contributed by atoms with Gasteiger partial charge < -0.3 is 10.6 Å². The van der Waals surface area contributed by atoms with E-state index in [-0.39, 0.29) is 35.2 Å². The van der Waals surface area contributed by atoms with Crippen LogP contribution >= 0.6 is 0 Å². The van der Waals surface area contributed by atoms with Crippen LogP contribution in [-0.2, 0) is 9.84 Å². The number of nitrogens with one attached hydrogen (secondary N) is 2. The maximum atomic E-state index is 12.0. The molecule has 2 atom stereocenters. The lowest BCUT2D eigenvalue weighted by Crippen LogP contribution is -2.36. The van der Waals surface area contributed by atoms with Crippen molar-refractivity contribution in [1.82, 2.24) is 15.3 Å². The molecule has 0 bridgehead atoms. The molecule has 0 aliphatic carbocycles. The minimum Gasteiger partial charge on any atom is -0.366 e. The molecule has 1 aromatic rings. The lowest BCUT2D eigenvalue weighted by atomic mass is 10.2. The van der Waals surface area contributed by atoms with Crippen molar-refractivity contribution in [3.8, 4) is 0 Å². The van der Waals surface area contributed by atoms with E-state index >= 15 is 0 Å². The standard InChI is InChI=1S/C13H20N4O3S/c1-3-9(2)16-12-7-14-11(6-15-12)13(18)17-10-4-5-21(19,20)8-10/h6-7,9-10H,3-5,8H2,1-2H3,(H,15,16)(H,17,18). The van der Waals surface area contributed by atoms with E-state index in [0.29, 0.717) is 12.2 Å². The molecular weight excluding hydrogens is 292 g/mol. The average molecular weight is 312 g/mol. The van der Waals surface area contributed by atoms with Crippen LogP contribution in [0.4, 0.5) is 5.82 Å². The molecule has 2 heterocycles. The van der Waals surface area contributed by atoms with E-state index < -0.39 is 9.84 Å². The number of carbonyl (C=O) groups excluding carboxylic acids is 1. The van der Waals surface area contributed by atoms with Crippen molar-refractivity contribution in [1.29, 1.82) is 0 Å². The second kappa shape index (κ2) is 6.38. The fourth-order valence-electron chi connectivity index (χ4n) is 2.04. The van der Waals surface area contributed by atoms with Gasteiger partial charge in [0.2, 0.25) is 0 Å². The predicted molar refractivity (Wildman–Crippen MR) is 79.9 cm³/mol. The third-order valence-electron chi connectivity index (χ3n) is 3.46. The molecule has 7 nitrogen and oxygen atoms in total. The Balaban J connectivity index is 1.94. The van der Waals surface area contributed by atoms with Crippen LogP contribution in [0.3, 0.4) is 0 Å². The summed E-state index contributed by atoms with van der Waals surface area (Å²) in [5.41, 5.74) is 0.189. The van der Waals surface area contributed by atoms with E-state index in [1.807, 2.05) is 6.92 Å². The molecule has 1 saturated heterocycles. The van der Waals surface area contributed by atoms with E-state index in [1.165, 1.54) is 12.4 Å². The smallest absolute Gasteiger partial charge is 0.271 e. The van der Waals surface area contributed by atoms with Crippen LogP contribution in [0.2, 0.25) is 0 Å². The summed E-state index contributed by atoms with van der Waals surface area (Å²) >= 11 is 0. The maximum absolute atomic E-state index is 12.0. The van der Waals surface area contributed by atoms with Crippen molar-refractivity contribution in [3.63, 3.8) is 0 Å². The largest absolute Gasteiger partial charge is 0.366 e. The molecule has 1 amide bonds. The van der Waals surface area contributed by atoms with Crippen LogP contribution in [-0.4, -0.2) is 47.9 Å². The Morgan fingerprint density at radius 3 is 2.71 bits per heavy atom. The van der Waals surface area contributed by atoms with E-state index in [2.05, 4.69) is 27.5 Å². The van der Waals surface area contributed by atoms with Gasteiger partial charge >= 0.3 is 0 Å². The van der Waals surface area contributed by atoms with Crippen molar-refractivity contribution in [2.45, 2.75) is 38.8 Å². The Hall–Kier alpha value is -1.70. The second-order valence-electron chi connectivity index (χ2n) is 5.31. The van der Waals surface area contributed by atoms with Gasteiger partial charge in [-0.2, -0.15) is 0 Å². The van der Waals surface area contributed by atoms with Crippen molar-refractivity contribution < 1.29 is 13.2 Å². The van der Waals surface area contributed by atoms with Crippen molar-refractivity contribution in [2.75, 3.05) is 16.8 Å². The molecule has 1 aliphatic heterocycles. The zero-order valence-corrected chi connectivity index (χ0v) is 13.0. The lowest BCUT2D eigenvalue weighted by molar-refractivity contribution is 0.0935. The Bertz CT molecular complexity index is 600. The Labute approximate surface area is 124 Å². The van der Waals surface area contributed by atoms with Crippen molar-refractivity contribution >= 4 is 21.6 Å². The first-order valence-corrected chi connectivity index (χ1v) is 8.81. The number of nitrogens with zero attached hydrogens (tertiary/aromatic N) is 2. The fourth-order valence-corrected chi connectivity index (χ4v) is 3.72. The fraction of sp³-hybridized carbons (Fsp3) is 0.615. The molecule has 1 aromatic heterocycles. The number of hydrogen-bond acceptors (Lipinski definition) is 6. The van der Waals surface area contributed by atoms with Gasteiger partial charge in [0.1, 0.15) is 11.5 Å². The van der Waals surface area contributed by atoms with Gasteiger partial charge in [-0.3, -0.25) is 4.79 Å². The van der Waals surface area contributed by atoms with Gasteiger partial charge in [-0.25, -0.2) is 18.4 Å². The molecule has 0 spiro atoms. The topological polar surface area (TPSA) is 101 Å². The lowest BCUT2D eigenvalue weighted by Gasteiger charge is -2.12. The van der Waals surface area contributed by atoms with Gasteiger partial charge in [0, 0.05) is 12.1 Å². The zero-order chi connectivity index (χ0) is 15.5. The SMILES string of the molecule is CCC(C)Nc1cnc(C(=O)NC2CCS(=O)(=O)C2)cn1. The number of sulfone groups is 1. The summed E-state index contributed by atoms with van der Waals surface area (Å²) in [7, 11) is -3.01. The van der Waals surface area contributed by atoms with Crippen molar-refractivity contribution in [3.05, 3.63) is 18.1 Å². The quantitative estimate of drug-likeness (QED) is 0.826. The Kier molecular flexibility index (Phi) is 4.76. The minimum atomic E-state index is -3.01. The summed E-state index contributed by atoms with van der Waals surface area (Å²) in [6, 6.07) is -0.0510. The maximum Gasteiger partial charge on any atom is 0.271 e. The van der Waals surface area contributed by atoms with Gasteiger partial charge in [-0.05, 0) is 19.8 Å². The summed E-state index contributed by atoms with van der Waals surface area (Å²) in [6.07, 6.45) is 4.31. The first-order chi connectivity index (χ1) is 9.89. The highest BCUT2D eigenvalue weighted by molar-refractivity contribution is 7.91. The molecule has 0 aromatic carbocycles. The van der Waals surface area contributed by atoms with Gasteiger partial charge in [-0.1, -0.05) is 6.92 Å². The monoisotopic (exact) mass is 312 g/mol. The van der Waals surface area contributed by atoms with Crippen LogP contribution in [0.25, 0.3) is 0 Å². The Morgan fingerprint density at radius 2 is 2.19 bits per heavy atom. The number of hydrogen-bond donors (Lipinski definition) is 2. The molecule has 1 aliphatic rings. The summed E-state index contributed by atoms with van der Waals surface area (Å²) in [5, 5.41) is 5.84. The van der Waals surface area contributed by atoms with Crippen LogP contribution in [0.5, 0.6) is 0 Å². The third kappa shape index (κ3) is 4.38. The molecular formula is C13H20N4O3S. The average Bonchev–Trinajstić information content (AvgIpc) is 2.78. The summed E-state index contributed by atoms with van der Waals surface area (Å²) in [4.78, 5) is 20.2. The first kappa shape index (κ1) is 15.7. The number of aromatic nitrogens is 2. The molecule has 0 saturated carbocycles. The van der Waals surface area contributed by atoms with Gasteiger partial charge in [-0.15, -0.1) is 0 Å². The van der Waals surface area contributed by atoms with E-state index in [1.54, 1.807) is 0 Å². The molecule has 2 N–H and O–H groups in total. The number of carbonyl (C=O) groups is 1.